The predicted molar refractivity (Wildman–Crippen MR) is 150 cm³/mol. The van der Waals surface area contributed by atoms with Crippen LogP contribution in [0, 0.1) is 6.92 Å². The predicted octanol–water partition coefficient (Wildman–Crippen LogP) is 8.42. The second kappa shape index (κ2) is 7.12. The summed E-state index contributed by atoms with van der Waals surface area (Å²) in [4.78, 5) is 9.14. The lowest BCUT2D eigenvalue weighted by atomic mass is 9.95. The van der Waals surface area contributed by atoms with Gasteiger partial charge < -0.3 is 4.40 Å². The highest BCUT2D eigenvalue weighted by atomic mass is 14.9. The number of hydrogen-bond donors (Lipinski definition) is 0. The fourth-order valence-electron chi connectivity index (χ4n) is 5.90. The Morgan fingerprint density at radius 2 is 1.22 bits per heavy atom. The van der Waals surface area contributed by atoms with E-state index in [1.54, 1.807) is 0 Å². The highest BCUT2D eigenvalue weighted by molar-refractivity contribution is 6.24. The number of nitrogens with zero attached hydrogens (tertiary/aromatic N) is 3. The van der Waals surface area contributed by atoms with E-state index in [1.165, 1.54) is 60.3 Å². The Balaban J connectivity index is 1.43. The van der Waals surface area contributed by atoms with Gasteiger partial charge in [-0.05, 0) is 77.7 Å². The molecule has 0 saturated carbocycles. The molecule has 4 aromatic carbocycles. The zero-order chi connectivity index (χ0) is 23.8. The molecule has 36 heavy (non-hydrogen) atoms. The molecule has 0 spiro atoms. The molecule has 0 saturated heterocycles. The van der Waals surface area contributed by atoms with Crippen molar-refractivity contribution in [2.75, 3.05) is 0 Å². The van der Waals surface area contributed by atoms with Crippen molar-refractivity contribution in [3.8, 4) is 22.3 Å². The monoisotopic (exact) mass is 459 g/mol. The van der Waals surface area contributed by atoms with E-state index in [9.17, 15) is 0 Å². The van der Waals surface area contributed by atoms with Crippen LogP contribution in [0.15, 0.2) is 109 Å². The number of hydrogen-bond acceptors (Lipinski definition) is 2. The quantitative estimate of drug-likeness (QED) is 0.260. The SMILES string of the molecule is Cc1cc(-c2cccc(-c3cc4c5ccccc5n5c6ccccc6c(c3)c45)c2)c2cccnc2n1. The number of fused-ring (bicyclic) bond motifs is 7. The Kier molecular flexibility index (Phi) is 3.87. The van der Waals surface area contributed by atoms with Crippen molar-refractivity contribution in [1.82, 2.24) is 14.4 Å². The Hall–Kier alpha value is -4.76. The summed E-state index contributed by atoms with van der Waals surface area (Å²) in [5, 5.41) is 6.26. The molecule has 0 aliphatic heterocycles. The summed E-state index contributed by atoms with van der Waals surface area (Å²) in [6.07, 6.45) is 1.81. The van der Waals surface area contributed by atoms with Crippen LogP contribution >= 0.6 is 0 Å². The Labute approximate surface area is 207 Å². The maximum Gasteiger partial charge on any atom is 0.159 e. The molecule has 0 atom stereocenters. The van der Waals surface area contributed by atoms with Gasteiger partial charge in [0.25, 0.3) is 0 Å². The van der Waals surface area contributed by atoms with Gasteiger partial charge in [0.05, 0.1) is 16.6 Å². The summed E-state index contributed by atoms with van der Waals surface area (Å²) < 4.78 is 2.43. The highest BCUT2D eigenvalue weighted by Gasteiger charge is 2.18. The van der Waals surface area contributed by atoms with Gasteiger partial charge in [-0.1, -0.05) is 54.6 Å². The number of rotatable bonds is 2. The van der Waals surface area contributed by atoms with Gasteiger partial charge >= 0.3 is 0 Å². The van der Waals surface area contributed by atoms with Crippen molar-refractivity contribution in [3.05, 3.63) is 115 Å². The van der Waals surface area contributed by atoms with E-state index in [4.69, 9.17) is 0 Å². The zero-order valence-electron chi connectivity index (χ0n) is 19.7. The van der Waals surface area contributed by atoms with Crippen molar-refractivity contribution >= 4 is 49.1 Å². The Morgan fingerprint density at radius 3 is 1.97 bits per heavy atom. The van der Waals surface area contributed by atoms with E-state index in [0.29, 0.717) is 0 Å². The van der Waals surface area contributed by atoms with Crippen molar-refractivity contribution < 1.29 is 0 Å². The first-order valence-corrected chi connectivity index (χ1v) is 12.3. The lowest BCUT2D eigenvalue weighted by molar-refractivity contribution is 1.20. The van der Waals surface area contributed by atoms with Crippen LogP contribution in [0.3, 0.4) is 0 Å². The molecule has 0 radical (unpaired) electrons. The molecule has 8 rings (SSSR count). The number of aromatic nitrogens is 3. The second-order valence-electron chi connectivity index (χ2n) is 9.56. The van der Waals surface area contributed by atoms with Crippen molar-refractivity contribution in [1.29, 1.82) is 0 Å². The molecule has 0 bridgehead atoms. The van der Waals surface area contributed by atoms with Gasteiger partial charge in [-0.2, -0.15) is 0 Å². The molecule has 0 N–H and O–H groups in total. The summed E-state index contributed by atoms with van der Waals surface area (Å²) in [5.41, 5.74) is 10.4. The van der Waals surface area contributed by atoms with E-state index < -0.39 is 0 Å². The molecular formula is C33H21N3. The molecule has 4 aromatic heterocycles. The minimum Gasteiger partial charge on any atom is -0.308 e. The smallest absolute Gasteiger partial charge is 0.159 e. The highest BCUT2D eigenvalue weighted by Crippen LogP contribution is 2.42. The van der Waals surface area contributed by atoms with Gasteiger partial charge in [0.2, 0.25) is 0 Å². The minimum atomic E-state index is 0.789. The van der Waals surface area contributed by atoms with Crippen molar-refractivity contribution in [2.24, 2.45) is 0 Å². The molecule has 0 aliphatic rings. The van der Waals surface area contributed by atoms with Crippen LogP contribution in [0.5, 0.6) is 0 Å². The molecule has 0 aliphatic carbocycles. The zero-order valence-corrected chi connectivity index (χ0v) is 19.7. The van der Waals surface area contributed by atoms with Gasteiger partial charge in [0, 0.05) is 38.8 Å². The fraction of sp³-hybridized carbons (Fsp3) is 0.0303. The number of benzene rings is 4. The average Bonchev–Trinajstić information content (AvgIpc) is 3.44. The molecule has 8 aromatic rings. The summed E-state index contributed by atoms with van der Waals surface area (Å²) in [5.74, 6) is 0. The average molecular weight is 460 g/mol. The normalized spacial score (nSPS) is 12.0. The fourth-order valence-corrected chi connectivity index (χ4v) is 5.90. The maximum atomic E-state index is 4.64. The van der Waals surface area contributed by atoms with Gasteiger partial charge in [-0.15, -0.1) is 0 Å². The van der Waals surface area contributed by atoms with E-state index in [0.717, 1.165) is 16.7 Å². The molecule has 168 valence electrons. The van der Waals surface area contributed by atoms with Gasteiger partial charge in [-0.25, -0.2) is 9.97 Å². The third-order valence-electron chi connectivity index (χ3n) is 7.42. The number of aryl methyl sites for hydroxylation is 1. The summed E-state index contributed by atoms with van der Waals surface area (Å²) in [6.45, 7) is 2.03. The summed E-state index contributed by atoms with van der Waals surface area (Å²) >= 11 is 0. The topological polar surface area (TPSA) is 30.2 Å². The largest absolute Gasteiger partial charge is 0.308 e. The van der Waals surface area contributed by atoms with Gasteiger partial charge in [0.1, 0.15) is 0 Å². The van der Waals surface area contributed by atoms with E-state index >= 15 is 0 Å². The molecular weight excluding hydrogens is 438 g/mol. The second-order valence-corrected chi connectivity index (χ2v) is 9.56. The molecule has 0 unspecified atom stereocenters. The Morgan fingerprint density at radius 1 is 0.556 bits per heavy atom. The first kappa shape index (κ1) is 19.5. The first-order chi connectivity index (χ1) is 17.8. The standard InChI is InChI=1S/C33H21N3/c1-20-16-27(26-12-7-15-34-33(26)35-20)22-9-6-8-21(17-22)23-18-28-24-10-2-4-13-30(24)36-31-14-5-3-11-25(31)29(19-23)32(28)36/h2-19H,1H3. The van der Waals surface area contributed by atoms with Crippen molar-refractivity contribution in [2.45, 2.75) is 6.92 Å². The molecule has 4 heterocycles. The molecule has 0 fully saturated rings. The lowest BCUT2D eigenvalue weighted by Crippen LogP contribution is -1.91. The minimum absolute atomic E-state index is 0.789. The summed E-state index contributed by atoms with van der Waals surface area (Å²) in [6, 6.07) is 37.3. The lowest BCUT2D eigenvalue weighted by Gasteiger charge is -2.10. The summed E-state index contributed by atoms with van der Waals surface area (Å²) in [7, 11) is 0. The van der Waals surface area contributed by atoms with Crippen LogP contribution in [0.2, 0.25) is 0 Å². The van der Waals surface area contributed by atoms with Crippen LogP contribution in [0.25, 0.3) is 71.4 Å². The Bertz CT molecular complexity index is 2030. The van der Waals surface area contributed by atoms with Gasteiger partial charge in [0.15, 0.2) is 5.65 Å². The van der Waals surface area contributed by atoms with E-state index in [1.807, 2.05) is 19.2 Å². The maximum absolute atomic E-state index is 4.64. The third kappa shape index (κ3) is 2.63. The molecule has 0 amide bonds. The van der Waals surface area contributed by atoms with Crippen molar-refractivity contribution in [3.63, 3.8) is 0 Å². The van der Waals surface area contributed by atoms with Crippen LogP contribution in [0.4, 0.5) is 0 Å². The number of pyridine rings is 2. The number of para-hydroxylation sites is 2. The van der Waals surface area contributed by atoms with Crippen LogP contribution in [-0.4, -0.2) is 14.4 Å². The molecule has 3 nitrogen and oxygen atoms in total. The van der Waals surface area contributed by atoms with E-state index in [-0.39, 0.29) is 0 Å². The van der Waals surface area contributed by atoms with E-state index in [2.05, 4.69) is 111 Å². The van der Waals surface area contributed by atoms with Crippen LogP contribution in [0.1, 0.15) is 5.69 Å². The van der Waals surface area contributed by atoms with Crippen LogP contribution < -0.4 is 0 Å². The third-order valence-corrected chi connectivity index (χ3v) is 7.42. The first-order valence-electron chi connectivity index (χ1n) is 12.3. The van der Waals surface area contributed by atoms with Crippen LogP contribution in [-0.2, 0) is 0 Å². The molecule has 3 heteroatoms. The van der Waals surface area contributed by atoms with Gasteiger partial charge in [-0.3, -0.25) is 0 Å².